The van der Waals surface area contributed by atoms with Crippen LogP contribution in [0.1, 0.15) is 5.56 Å². The molecule has 0 fully saturated rings. The van der Waals surface area contributed by atoms with Gasteiger partial charge in [0.25, 0.3) is 0 Å². The Labute approximate surface area is 116 Å². The predicted octanol–water partition coefficient (Wildman–Crippen LogP) is 2.33. The molecule has 3 rings (SSSR count). The SMILES string of the molecule is Cn1cnc2c(NCCc3ccc(O)cc3)nccc21. The number of hydrogen-bond donors (Lipinski definition) is 2. The quantitative estimate of drug-likeness (QED) is 0.762. The first-order chi connectivity index (χ1) is 9.74. The van der Waals surface area contributed by atoms with Crippen molar-refractivity contribution in [1.82, 2.24) is 14.5 Å². The molecule has 0 bridgehead atoms. The van der Waals surface area contributed by atoms with Gasteiger partial charge in [-0.25, -0.2) is 9.97 Å². The summed E-state index contributed by atoms with van der Waals surface area (Å²) in [4.78, 5) is 8.70. The van der Waals surface area contributed by atoms with Gasteiger partial charge in [0.15, 0.2) is 5.82 Å². The number of nitrogens with zero attached hydrogens (tertiary/aromatic N) is 3. The molecule has 2 heterocycles. The van der Waals surface area contributed by atoms with Crippen LogP contribution < -0.4 is 5.32 Å². The van der Waals surface area contributed by atoms with Gasteiger partial charge in [0.2, 0.25) is 0 Å². The second kappa shape index (κ2) is 5.21. The van der Waals surface area contributed by atoms with Gasteiger partial charge < -0.3 is 15.0 Å². The van der Waals surface area contributed by atoms with Crippen molar-refractivity contribution in [1.29, 1.82) is 0 Å². The van der Waals surface area contributed by atoms with E-state index in [-0.39, 0.29) is 0 Å². The number of benzene rings is 1. The van der Waals surface area contributed by atoms with Crippen molar-refractivity contribution in [2.24, 2.45) is 7.05 Å². The van der Waals surface area contributed by atoms with Gasteiger partial charge in [-0.1, -0.05) is 12.1 Å². The van der Waals surface area contributed by atoms with Crippen LogP contribution >= 0.6 is 0 Å². The third-order valence-corrected chi connectivity index (χ3v) is 3.29. The zero-order chi connectivity index (χ0) is 13.9. The van der Waals surface area contributed by atoms with Gasteiger partial charge in [-0.2, -0.15) is 0 Å². The van der Waals surface area contributed by atoms with E-state index in [0.29, 0.717) is 5.75 Å². The maximum Gasteiger partial charge on any atom is 0.154 e. The van der Waals surface area contributed by atoms with Gasteiger partial charge in [0, 0.05) is 19.8 Å². The van der Waals surface area contributed by atoms with E-state index in [1.54, 1.807) is 24.7 Å². The topological polar surface area (TPSA) is 63.0 Å². The Bertz CT molecular complexity index is 718. The number of nitrogens with one attached hydrogen (secondary N) is 1. The van der Waals surface area contributed by atoms with Crippen LogP contribution in [0.4, 0.5) is 5.82 Å². The molecule has 0 aliphatic heterocycles. The summed E-state index contributed by atoms with van der Waals surface area (Å²) in [6.45, 7) is 0.771. The number of fused-ring (bicyclic) bond motifs is 1. The Morgan fingerprint density at radius 2 is 1.95 bits per heavy atom. The smallest absolute Gasteiger partial charge is 0.154 e. The highest BCUT2D eigenvalue weighted by atomic mass is 16.3. The molecule has 0 saturated carbocycles. The molecule has 0 amide bonds. The zero-order valence-corrected chi connectivity index (χ0v) is 11.2. The predicted molar refractivity (Wildman–Crippen MR) is 78.8 cm³/mol. The zero-order valence-electron chi connectivity index (χ0n) is 11.2. The van der Waals surface area contributed by atoms with E-state index in [0.717, 1.165) is 29.8 Å². The van der Waals surface area contributed by atoms with Crippen molar-refractivity contribution < 1.29 is 5.11 Å². The van der Waals surface area contributed by atoms with Crippen molar-refractivity contribution in [3.8, 4) is 5.75 Å². The Hall–Kier alpha value is -2.56. The number of hydrogen-bond acceptors (Lipinski definition) is 4. The first-order valence-corrected chi connectivity index (χ1v) is 6.52. The second-order valence-corrected chi connectivity index (χ2v) is 4.73. The van der Waals surface area contributed by atoms with Gasteiger partial charge in [0.05, 0.1) is 11.8 Å². The Morgan fingerprint density at radius 1 is 1.15 bits per heavy atom. The molecular weight excluding hydrogens is 252 g/mol. The van der Waals surface area contributed by atoms with Crippen molar-refractivity contribution in [2.45, 2.75) is 6.42 Å². The minimum absolute atomic E-state index is 0.293. The van der Waals surface area contributed by atoms with Crippen molar-refractivity contribution in [3.63, 3.8) is 0 Å². The fourth-order valence-corrected chi connectivity index (χ4v) is 2.18. The van der Waals surface area contributed by atoms with Crippen molar-refractivity contribution in [2.75, 3.05) is 11.9 Å². The lowest BCUT2D eigenvalue weighted by Gasteiger charge is -2.06. The molecule has 0 aliphatic rings. The van der Waals surface area contributed by atoms with Crippen molar-refractivity contribution in [3.05, 3.63) is 48.4 Å². The molecule has 102 valence electrons. The maximum atomic E-state index is 9.24. The lowest BCUT2D eigenvalue weighted by Crippen LogP contribution is -2.06. The first-order valence-electron chi connectivity index (χ1n) is 6.52. The van der Waals surface area contributed by atoms with Gasteiger partial charge in [-0.15, -0.1) is 0 Å². The molecular formula is C15H16N4O. The number of aryl methyl sites for hydroxylation is 1. The summed E-state index contributed by atoms with van der Waals surface area (Å²) in [7, 11) is 1.97. The molecule has 0 atom stereocenters. The van der Waals surface area contributed by atoms with Crippen molar-refractivity contribution >= 4 is 16.9 Å². The number of aromatic nitrogens is 3. The number of pyridine rings is 1. The van der Waals surface area contributed by atoms with E-state index < -0.39 is 0 Å². The third kappa shape index (κ3) is 2.42. The highest BCUT2D eigenvalue weighted by Crippen LogP contribution is 2.18. The standard InChI is InChI=1S/C15H16N4O/c1-19-10-18-14-13(19)7-9-17-15(14)16-8-6-11-2-4-12(20)5-3-11/h2-5,7,9-10,20H,6,8H2,1H3,(H,16,17). The highest BCUT2D eigenvalue weighted by Gasteiger charge is 2.06. The summed E-state index contributed by atoms with van der Waals surface area (Å²) in [6, 6.07) is 9.20. The van der Waals surface area contributed by atoms with Gasteiger partial charge >= 0.3 is 0 Å². The average Bonchev–Trinajstić information content (AvgIpc) is 2.84. The minimum atomic E-state index is 0.293. The molecule has 20 heavy (non-hydrogen) atoms. The summed E-state index contributed by atoms with van der Waals surface area (Å²) < 4.78 is 1.97. The van der Waals surface area contributed by atoms with Gasteiger partial charge in [-0.3, -0.25) is 0 Å². The molecule has 0 unspecified atom stereocenters. The van der Waals surface area contributed by atoms with Crippen LogP contribution in [0.3, 0.4) is 0 Å². The number of phenols is 1. The monoisotopic (exact) mass is 268 g/mol. The number of phenolic OH excluding ortho intramolecular Hbond substituents is 1. The fraction of sp³-hybridized carbons (Fsp3) is 0.200. The van der Waals surface area contributed by atoms with E-state index in [9.17, 15) is 5.11 Å². The van der Waals surface area contributed by atoms with Crippen LogP contribution in [-0.2, 0) is 13.5 Å². The fourth-order valence-electron chi connectivity index (χ4n) is 2.18. The third-order valence-electron chi connectivity index (χ3n) is 3.29. The highest BCUT2D eigenvalue weighted by molar-refractivity contribution is 5.85. The van der Waals surface area contributed by atoms with Gasteiger partial charge in [-0.05, 0) is 30.2 Å². The Kier molecular flexibility index (Phi) is 3.25. The van der Waals surface area contributed by atoms with Crippen LogP contribution in [0.2, 0.25) is 0 Å². The maximum absolute atomic E-state index is 9.24. The summed E-state index contributed by atoms with van der Waals surface area (Å²) in [5.74, 6) is 1.10. The van der Waals surface area contributed by atoms with Crippen LogP contribution in [0.25, 0.3) is 11.0 Å². The normalized spacial score (nSPS) is 10.8. The van der Waals surface area contributed by atoms with E-state index in [2.05, 4.69) is 15.3 Å². The molecule has 5 nitrogen and oxygen atoms in total. The van der Waals surface area contributed by atoms with E-state index >= 15 is 0 Å². The lowest BCUT2D eigenvalue weighted by atomic mass is 10.1. The minimum Gasteiger partial charge on any atom is -0.508 e. The summed E-state index contributed by atoms with van der Waals surface area (Å²) in [6.07, 6.45) is 4.44. The number of rotatable bonds is 4. The second-order valence-electron chi connectivity index (χ2n) is 4.73. The summed E-state index contributed by atoms with van der Waals surface area (Å²) in [5.41, 5.74) is 3.12. The summed E-state index contributed by atoms with van der Waals surface area (Å²) >= 11 is 0. The summed E-state index contributed by atoms with van der Waals surface area (Å²) in [5, 5.41) is 12.6. The van der Waals surface area contributed by atoms with Crippen LogP contribution in [-0.4, -0.2) is 26.2 Å². The molecule has 5 heteroatoms. The molecule has 0 aliphatic carbocycles. The lowest BCUT2D eigenvalue weighted by molar-refractivity contribution is 0.475. The molecule has 1 aromatic carbocycles. The molecule has 0 saturated heterocycles. The molecule has 3 aromatic rings. The van der Waals surface area contributed by atoms with Crippen LogP contribution in [0, 0.1) is 0 Å². The van der Waals surface area contributed by atoms with E-state index in [4.69, 9.17) is 0 Å². The van der Waals surface area contributed by atoms with Crippen LogP contribution in [0.15, 0.2) is 42.9 Å². The first kappa shape index (κ1) is 12.5. The van der Waals surface area contributed by atoms with E-state index in [1.807, 2.05) is 29.8 Å². The number of aromatic hydroxyl groups is 1. The molecule has 0 spiro atoms. The largest absolute Gasteiger partial charge is 0.508 e. The Morgan fingerprint density at radius 3 is 2.75 bits per heavy atom. The van der Waals surface area contributed by atoms with E-state index in [1.165, 1.54) is 5.56 Å². The number of imidazole rings is 1. The molecule has 0 radical (unpaired) electrons. The molecule has 2 N–H and O–H groups in total. The number of anilines is 1. The Balaban J connectivity index is 1.69. The van der Waals surface area contributed by atoms with Gasteiger partial charge in [0.1, 0.15) is 11.3 Å². The van der Waals surface area contributed by atoms with Crippen LogP contribution in [0.5, 0.6) is 5.75 Å². The average molecular weight is 268 g/mol. The molecule has 2 aromatic heterocycles.